The molecule has 0 unspecified atom stereocenters. The van der Waals surface area contributed by atoms with Crippen LogP contribution in [0.4, 0.5) is 4.39 Å². The van der Waals surface area contributed by atoms with E-state index in [1.165, 1.54) is 17.4 Å². The average molecular weight is 317 g/mol. The normalized spacial score (nSPS) is 10.6. The first kappa shape index (κ1) is 14.4. The zero-order valence-electron chi connectivity index (χ0n) is 11.5. The first-order chi connectivity index (χ1) is 10.7. The number of aromatic nitrogens is 2. The number of nitrogens with zero attached hydrogens (tertiary/aromatic N) is 2. The summed E-state index contributed by atoms with van der Waals surface area (Å²) in [6.07, 6.45) is -0.0349. The van der Waals surface area contributed by atoms with E-state index in [9.17, 15) is 9.18 Å². The molecule has 0 aliphatic carbocycles. The second-order valence-corrected chi connectivity index (χ2v) is 5.47. The van der Waals surface area contributed by atoms with E-state index in [1.807, 2.05) is 17.5 Å². The lowest BCUT2D eigenvalue weighted by Crippen LogP contribution is -2.25. The third-order valence-corrected chi connectivity index (χ3v) is 3.80. The van der Waals surface area contributed by atoms with Crippen molar-refractivity contribution >= 4 is 17.2 Å². The Morgan fingerprint density at radius 2 is 2.09 bits per heavy atom. The van der Waals surface area contributed by atoms with E-state index in [4.69, 9.17) is 4.42 Å². The van der Waals surface area contributed by atoms with Crippen molar-refractivity contribution in [3.63, 3.8) is 0 Å². The fraction of sp³-hybridized carbons (Fsp3) is 0.133. The van der Waals surface area contributed by atoms with Gasteiger partial charge in [-0.2, -0.15) is 0 Å². The van der Waals surface area contributed by atoms with Crippen LogP contribution in [0.2, 0.25) is 0 Å². The number of carbonyl (C=O) groups is 1. The van der Waals surface area contributed by atoms with Crippen LogP contribution in [-0.2, 0) is 17.8 Å². The predicted octanol–water partition coefficient (Wildman–Crippen LogP) is 2.80. The highest BCUT2D eigenvalue weighted by Gasteiger charge is 2.13. The smallest absolute Gasteiger partial charge is 0.257 e. The van der Waals surface area contributed by atoms with Crippen LogP contribution in [0.3, 0.4) is 0 Å². The fourth-order valence-corrected chi connectivity index (χ4v) is 2.50. The second-order valence-electron chi connectivity index (χ2n) is 4.52. The number of halogens is 1. The monoisotopic (exact) mass is 317 g/mol. The van der Waals surface area contributed by atoms with Gasteiger partial charge in [0.25, 0.3) is 5.89 Å². The van der Waals surface area contributed by atoms with E-state index in [0.717, 1.165) is 4.88 Å². The fourth-order valence-electron chi connectivity index (χ4n) is 1.86. The minimum absolute atomic E-state index is 0.0349. The largest absolute Gasteiger partial charge is 0.419 e. The number of thiophene rings is 1. The summed E-state index contributed by atoms with van der Waals surface area (Å²) in [5.41, 5.74) is 0.431. The quantitative estimate of drug-likeness (QED) is 0.785. The van der Waals surface area contributed by atoms with Crippen molar-refractivity contribution in [2.45, 2.75) is 13.0 Å². The van der Waals surface area contributed by atoms with Gasteiger partial charge in [0.05, 0.1) is 4.88 Å². The lowest BCUT2D eigenvalue weighted by Gasteiger charge is -2.04. The van der Waals surface area contributed by atoms with Crippen LogP contribution in [0.25, 0.3) is 10.8 Å². The van der Waals surface area contributed by atoms with Crippen LogP contribution in [-0.4, -0.2) is 16.1 Å². The summed E-state index contributed by atoms with van der Waals surface area (Å²) in [5, 5.41) is 12.3. The molecule has 3 aromatic rings. The summed E-state index contributed by atoms with van der Waals surface area (Å²) in [6.45, 7) is 0.122. The molecular weight excluding hydrogens is 305 g/mol. The van der Waals surface area contributed by atoms with Crippen LogP contribution in [0.1, 0.15) is 11.5 Å². The molecule has 0 radical (unpaired) electrons. The van der Waals surface area contributed by atoms with Gasteiger partial charge in [-0.3, -0.25) is 4.79 Å². The molecule has 2 heterocycles. The molecular formula is C15H12FN3O2S. The second kappa shape index (κ2) is 6.48. The number of nitrogens with one attached hydrogen (secondary N) is 1. The summed E-state index contributed by atoms with van der Waals surface area (Å²) in [5.74, 6) is -0.0217. The van der Waals surface area contributed by atoms with Crippen molar-refractivity contribution < 1.29 is 13.6 Å². The number of amides is 1. The van der Waals surface area contributed by atoms with Crippen LogP contribution < -0.4 is 5.32 Å². The Bertz CT molecular complexity index is 771. The third kappa shape index (κ3) is 3.37. The average Bonchev–Trinajstić information content (AvgIpc) is 3.17. The maximum Gasteiger partial charge on any atom is 0.257 e. The molecule has 0 aliphatic heterocycles. The van der Waals surface area contributed by atoms with E-state index in [1.54, 1.807) is 18.2 Å². The first-order valence-corrected chi connectivity index (χ1v) is 7.46. The van der Waals surface area contributed by atoms with Gasteiger partial charge in [-0.25, -0.2) is 4.39 Å². The minimum Gasteiger partial charge on any atom is -0.419 e. The van der Waals surface area contributed by atoms with Crippen LogP contribution in [0, 0.1) is 5.82 Å². The highest BCUT2D eigenvalue weighted by Crippen LogP contribution is 2.22. The molecule has 0 atom stereocenters. The zero-order valence-corrected chi connectivity index (χ0v) is 12.3. The maximum atomic E-state index is 13.4. The van der Waals surface area contributed by atoms with Gasteiger partial charge in [-0.15, -0.1) is 21.5 Å². The highest BCUT2D eigenvalue weighted by molar-refractivity contribution is 7.13. The Morgan fingerprint density at radius 1 is 1.23 bits per heavy atom. The number of carbonyl (C=O) groups excluding carboxylic acids is 1. The molecule has 3 rings (SSSR count). The van der Waals surface area contributed by atoms with Gasteiger partial charge >= 0.3 is 0 Å². The number of benzene rings is 1. The van der Waals surface area contributed by atoms with Crippen molar-refractivity contribution in [1.82, 2.24) is 15.5 Å². The van der Waals surface area contributed by atoms with E-state index < -0.39 is 0 Å². The Balaban J connectivity index is 1.57. The summed E-state index contributed by atoms with van der Waals surface area (Å²) < 4.78 is 18.9. The molecule has 112 valence electrons. The van der Waals surface area contributed by atoms with Crippen molar-refractivity contribution in [1.29, 1.82) is 0 Å². The molecule has 0 aliphatic rings. The lowest BCUT2D eigenvalue weighted by molar-refractivity contribution is -0.120. The molecule has 1 aromatic carbocycles. The Labute approximate surface area is 129 Å². The molecule has 2 aromatic heterocycles. The predicted molar refractivity (Wildman–Crippen MR) is 79.6 cm³/mol. The molecule has 22 heavy (non-hydrogen) atoms. The minimum atomic E-state index is -0.347. The topological polar surface area (TPSA) is 68.0 Å². The van der Waals surface area contributed by atoms with E-state index in [-0.39, 0.29) is 30.6 Å². The molecule has 0 saturated heterocycles. The number of hydrogen-bond acceptors (Lipinski definition) is 5. The third-order valence-electron chi connectivity index (χ3n) is 2.94. The molecule has 0 spiro atoms. The molecule has 0 fully saturated rings. The Kier molecular flexibility index (Phi) is 4.24. The summed E-state index contributed by atoms with van der Waals surface area (Å²) in [4.78, 5) is 12.7. The van der Waals surface area contributed by atoms with Crippen LogP contribution in [0.15, 0.2) is 46.2 Å². The molecule has 0 saturated carbocycles. The summed E-state index contributed by atoms with van der Waals surface area (Å²) >= 11 is 1.48. The van der Waals surface area contributed by atoms with Gasteiger partial charge < -0.3 is 9.73 Å². The van der Waals surface area contributed by atoms with Gasteiger partial charge in [0.2, 0.25) is 11.8 Å². The summed E-state index contributed by atoms with van der Waals surface area (Å²) in [7, 11) is 0. The number of hydrogen-bond donors (Lipinski definition) is 1. The van der Waals surface area contributed by atoms with Crippen molar-refractivity contribution in [2.75, 3.05) is 0 Å². The van der Waals surface area contributed by atoms with E-state index >= 15 is 0 Å². The van der Waals surface area contributed by atoms with Gasteiger partial charge in [0.15, 0.2) is 0 Å². The molecule has 5 nitrogen and oxygen atoms in total. The first-order valence-electron chi connectivity index (χ1n) is 6.59. The van der Waals surface area contributed by atoms with Crippen LogP contribution >= 0.6 is 11.3 Å². The Morgan fingerprint density at radius 3 is 2.86 bits per heavy atom. The molecule has 7 heteroatoms. The molecule has 1 amide bonds. The Hall–Kier alpha value is -2.54. The summed E-state index contributed by atoms with van der Waals surface area (Å²) in [6, 6.07) is 10.0. The van der Waals surface area contributed by atoms with Crippen molar-refractivity contribution in [3.8, 4) is 10.8 Å². The lowest BCUT2D eigenvalue weighted by atomic mass is 10.2. The number of rotatable bonds is 5. The van der Waals surface area contributed by atoms with Gasteiger partial charge in [-0.1, -0.05) is 24.3 Å². The van der Waals surface area contributed by atoms with Gasteiger partial charge in [-0.05, 0) is 17.5 Å². The molecule has 0 bridgehead atoms. The molecule has 1 N–H and O–H groups in total. The van der Waals surface area contributed by atoms with Crippen LogP contribution in [0.5, 0.6) is 0 Å². The standard InChI is InChI=1S/C15H12FN3O2S/c16-11-5-2-1-4-10(11)9-17-13(20)8-14-18-19-15(21-14)12-6-3-7-22-12/h1-7H,8-9H2,(H,17,20). The maximum absolute atomic E-state index is 13.4. The SMILES string of the molecule is O=C(Cc1nnc(-c2cccs2)o1)NCc1ccccc1F. The highest BCUT2D eigenvalue weighted by atomic mass is 32.1. The zero-order chi connectivity index (χ0) is 15.4. The van der Waals surface area contributed by atoms with E-state index in [2.05, 4.69) is 15.5 Å². The van der Waals surface area contributed by atoms with Gasteiger partial charge in [0, 0.05) is 12.1 Å². The van der Waals surface area contributed by atoms with Crippen molar-refractivity contribution in [3.05, 3.63) is 59.0 Å². The van der Waals surface area contributed by atoms with Crippen molar-refractivity contribution in [2.24, 2.45) is 0 Å². The van der Waals surface area contributed by atoms with Gasteiger partial charge in [0.1, 0.15) is 12.2 Å². The van der Waals surface area contributed by atoms with E-state index in [0.29, 0.717) is 11.5 Å².